The lowest BCUT2D eigenvalue weighted by Crippen LogP contribution is -2.47. The fourth-order valence-electron chi connectivity index (χ4n) is 1.75. The first-order valence-electron chi connectivity index (χ1n) is 6.23. The van der Waals surface area contributed by atoms with Gasteiger partial charge in [0.15, 0.2) is 0 Å². The fourth-order valence-corrected chi connectivity index (χ4v) is 1.75. The molecule has 1 aromatic carbocycles. The zero-order valence-electron chi connectivity index (χ0n) is 10.9. The minimum atomic E-state index is -0.417. The first-order valence-corrected chi connectivity index (χ1v) is 6.23. The van der Waals surface area contributed by atoms with Crippen molar-refractivity contribution in [1.29, 1.82) is 0 Å². The summed E-state index contributed by atoms with van der Waals surface area (Å²) in [5.41, 5.74) is 6.91. The number of rotatable bonds is 5. The molecule has 1 rings (SSSR count). The minimum absolute atomic E-state index is 0.00745. The molecule has 94 valence electrons. The van der Waals surface area contributed by atoms with Crippen molar-refractivity contribution in [1.82, 2.24) is 0 Å². The van der Waals surface area contributed by atoms with E-state index < -0.39 is 6.04 Å². The Balaban J connectivity index is 2.85. The molecule has 0 aromatic heterocycles. The van der Waals surface area contributed by atoms with Gasteiger partial charge >= 0.3 is 0 Å². The number of carbonyl (C=O) groups is 1. The molecule has 0 saturated carbocycles. The van der Waals surface area contributed by atoms with E-state index in [0.717, 1.165) is 12.1 Å². The van der Waals surface area contributed by atoms with Crippen molar-refractivity contribution >= 4 is 11.6 Å². The Kier molecular flexibility index (Phi) is 5.16. The minimum Gasteiger partial charge on any atom is -0.320 e. The Morgan fingerprint density at radius 1 is 1.29 bits per heavy atom. The molecule has 3 heteroatoms. The van der Waals surface area contributed by atoms with Crippen LogP contribution in [0.5, 0.6) is 0 Å². The standard InChI is InChI=1S/C14H22N2O/c1-4-11(3)13(15)14(17)16(5-2)12-9-7-6-8-10-12/h6-11,13H,4-5,15H2,1-3H3/t11?,13-/m0/s1. The van der Waals surface area contributed by atoms with E-state index in [1.165, 1.54) is 0 Å². The molecular weight excluding hydrogens is 212 g/mol. The van der Waals surface area contributed by atoms with Crippen LogP contribution in [0, 0.1) is 5.92 Å². The van der Waals surface area contributed by atoms with Crippen LogP contribution in [-0.4, -0.2) is 18.5 Å². The van der Waals surface area contributed by atoms with Crippen LogP contribution < -0.4 is 10.6 Å². The van der Waals surface area contributed by atoms with Crippen LogP contribution in [-0.2, 0) is 4.79 Å². The highest BCUT2D eigenvalue weighted by atomic mass is 16.2. The van der Waals surface area contributed by atoms with Crippen molar-refractivity contribution in [2.75, 3.05) is 11.4 Å². The smallest absolute Gasteiger partial charge is 0.244 e. The van der Waals surface area contributed by atoms with Crippen LogP contribution in [0.25, 0.3) is 0 Å². The second-order valence-electron chi connectivity index (χ2n) is 4.33. The average Bonchev–Trinajstić information content (AvgIpc) is 2.38. The topological polar surface area (TPSA) is 46.3 Å². The van der Waals surface area contributed by atoms with Gasteiger partial charge in [-0.15, -0.1) is 0 Å². The summed E-state index contributed by atoms with van der Waals surface area (Å²) in [7, 11) is 0. The van der Waals surface area contributed by atoms with Crippen LogP contribution in [0.4, 0.5) is 5.69 Å². The Morgan fingerprint density at radius 3 is 2.35 bits per heavy atom. The summed E-state index contributed by atoms with van der Waals surface area (Å²) >= 11 is 0. The van der Waals surface area contributed by atoms with E-state index in [2.05, 4.69) is 6.92 Å². The highest BCUT2D eigenvalue weighted by Crippen LogP contribution is 2.16. The van der Waals surface area contributed by atoms with E-state index in [1.54, 1.807) is 4.90 Å². The summed E-state index contributed by atoms with van der Waals surface area (Å²) in [4.78, 5) is 14.0. The zero-order chi connectivity index (χ0) is 12.8. The van der Waals surface area contributed by atoms with Gasteiger partial charge in [0.05, 0.1) is 6.04 Å². The van der Waals surface area contributed by atoms with Gasteiger partial charge in [-0.1, -0.05) is 38.5 Å². The van der Waals surface area contributed by atoms with Gasteiger partial charge in [-0.05, 0) is 25.0 Å². The average molecular weight is 234 g/mol. The summed E-state index contributed by atoms with van der Waals surface area (Å²) in [6.45, 7) is 6.68. The highest BCUT2D eigenvalue weighted by Gasteiger charge is 2.24. The van der Waals surface area contributed by atoms with E-state index in [9.17, 15) is 4.79 Å². The summed E-state index contributed by atoms with van der Waals surface area (Å²) < 4.78 is 0. The van der Waals surface area contributed by atoms with Gasteiger partial charge in [-0.25, -0.2) is 0 Å². The second kappa shape index (κ2) is 6.40. The van der Waals surface area contributed by atoms with E-state index >= 15 is 0 Å². The number of para-hydroxylation sites is 1. The number of hydrogen-bond acceptors (Lipinski definition) is 2. The SMILES string of the molecule is CCC(C)[C@H](N)C(=O)N(CC)c1ccccc1. The molecule has 1 amide bonds. The molecule has 17 heavy (non-hydrogen) atoms. The number of benzene rings is 1. The molecule has 0 radical (unpaired) electrons. The van der Waals surface area contributed by atoms with Crippen molar-refractivity contribution in [3.05, 3.63) is 30.3 Å². The van der Waals surface area contributed by atoms with E-state index in [-0.39, 0.29) is 11.8 Å². The number of anilines is 1. The van der Waals surface area contributed by atoms with Crippen LogP contribution in [0.3, 0.4) is 0 Å². The maximum Gasteiger partial charge on any atom is 0.244 e. The van der Waals surface area contributed by atoms with Crippen molar-refractivity contribution in [3.8, 4) is 0 Å². The molecular formula is C14H22N2O. The lowest BCUT2D eigenvalue weighted by atomic mass is 9.98. The number of likely N-dealkylation sites (N-methyl/N-ethyl adjacent to an activating group) is 1. The zero-order valence-corrected chi connectivity index (χ0v) is 10.9. The molecule has 1 aromatic rings. The number of hydrogen-bond donors (Lipinski definition) is 1. The largest absolute Gasteiger partial charge is 0.320 e. The molecule has 0 fully saturated rings. The summed E-state index contributed by atoms with van der Waals surface area (Å²) in [6, 6.07) is 9.26. The first kappa shape index (κ1) is 13.7. The summed E-state index contributed by atoms with van der Waals surface area (Å²) in [6.07, 6.45) is 0.916. The predicted octanol–water partition coefficient (Wildman–Crippen LogP) is 2.41. The Morgan fingerprint density at radius 2 is 1.88 bits per heavy atom. The van der Waals surface area contributed by atoms with E-state index in [4.69, 9.17) is 5.73 Å². The third-order valence-corrected chi connectivity index (χ3v) is 3.19. The van der Waals surface area contributed by atoms with Crippen molar-refractivity contribution < 1.29 is 4.79 Å². The van der Waals surface area contributed by atoms with Crippen LogP contribution >= 0.6 is 0 Å². The molecule has 0 aliphatic heterocycles. The lowest BCUT2D eigenvalue weighted by molar-refractivity contribution is -0.120. The number of nitrogens with two attached hydrogens (primary N) is 1. The van der Waals surface area contributed by atoms with Gasteiger partial charge in [0.25, 0.3) is 0 Å². The molecule has 2 atom stereocenters. The van der Waals surface area contributed by atoms with E-state index in [0.29, 0.717) is 6.54 Å². The van der Waals surface area contributed by atoms with Gasteiger partial charge in [0, 0.05) is 12.2 Å². The molecule has 3 nitrogen and oxygen atoms in total. The second-order valence-corrected chi connectivity index (χ2v) is 4.33. The van der Waals surface area contributed by atoms with Gasteiger partial charge in [0.1, 0.15) is 0 Å². The Labute approximate surface area is 104 Å². The molecule has 0 bridgehead atoms. The Hall–Kier alpha value is -1.35. The number of amides is 1. The van der Waals surface area contributed by atoms with Gasteiger partial charge in [-0.3, -0.25) is 4.79 Å². The molecule has 0 aliphatic carbocycles. The summed E-state index contributed by atoms with van der Waals surface area (Å²) in [5.74, 6) is 0.216. The van der Waals surface area contributed by atoms with Gasteiger partial charge in [-0.2, -0.15) is 0 Å². The fraction of sp³-hybridized carbons (Fsp3) is 0.500. The summed E-state index contributed by atoms with van der Waals surface area (Å²) in [5, 5.41) is 0. The van der Waals surface area contributed by atoms with Crippen LogP contribution in [0.15, 0.2) is 30.3 Å². The maximum absolute atomic E-state index is 12.3. The van der Waals surface area contributed by atoms with Gasteiger partial charge < -0.3 is 10.6 Å². The maximum atomic E-state index is 12.3. The Bertz CT molecular complexity index is 350. The number of carbonyl (C=O) groups excluding carboxylic acids is 1. The first-order chi connectivity index (χ1) is 8.11. The van der Waals surface area contributed by atoms with Crippen molar-refractivity contribution in [2.24, 2.45) is 11.7 Å². The normalized spacial score (nSPS) is 14.1. The molecule has 0 heterocycles. The lowest BCUT2D eigenvalue weighted by Gasteiger charge is -2.27. The molecule has 2 N–H and O–H groups in total. The molecule has 0 spiro atoms. The van der Waals surface area contributed by atoms with E-state index in [1.807, 2.05) is 44.2 Å². The monoisotopic (exact) mass is 234 g/mol. The third kappa shape index (κ3) is 3.30. The van der Waals surface area contributed by atoms with Crippen molar-refractivity contribution in [2.45, 2.75) is 33.2 Å². The molecule has 0 saturated heterocycles. The molecule has 1 unspecified atom stereocenters. The van der Waals surface area contributed by atoms with Crippen LogP contribution in [0.1, 0.15) is 27.2 Å². The van der Waals surface area contributed by atoms with Crippen LogP contribution in [0.2, 0.25) is 0 Å². The third-order valence-electron chi connectivity index (χ3n) is 3.19. The van der Waals surface area contributed by atoms with Crippen molar-refractivity contribution in [3.63, 3.8) is 0 Å². The molecule has 0 aliphatic rings. The number of nitrogens with zero attached hydrogens (tertiary/aromatic N) is 1. The quantitative estimate of drug-likeness (QED) is 0.850. The predicted molar refractivity (Wildman–Crippen MR) is 71.9 cm³/mol. The highest BCUT2D eigenvalue weighted by molar-refractivity contribution is 5.97. The van der Waals surface area contributed by atoms with Gasteiger partial charge in [0.2, 0.25) is 5.91 Å².